The normalized spacial score (nSPS) is 18.4. The van der Waals surface area contributed by atoms with Crippen LogP contribution in [0.25, 0.3) is 11.0 Å². The van der Waals surface area contributed by atoms with E-state index in [0.717, 1.165) is 73.7 Å². The van der Waals surface area contributed by atoms with Crippen LogP contribution in [0.2, 0.25) is 0 Å². The Morgan fingerprint density at radius 2 is 1.68 bits per heavy atom. The third-order valence-electron chi connectivity index (χ3n) is 7.91. The predicted octanol–water partition coefficient (Wildman–Crippen LogP) is 4.44. The van der Waals surface area contributed by atoms with Crippen LogP contribution in [0.5, 0.6) is 11.5 Å². The van der Waals surface area contributed by atoms with Gasteiger partial charge in [-0.3, -0.25) is 9.13 Å². The summed E-state index contributed by atoms with van der Waals surface area (Å²) in [5.41, 5.74) is 3.11. The summed E-state index contributed by atoms with van der Waals surface area (Å²) in [5, 5.41) is 4.04. The molecule has 0 spiro atoms. The molecule has 0 atom stereocenters. The summed E-state index contributed by atoms with van der Waals surface area (Å²) in [6.45, 7) is 6.10. The van der Waals surface area contributed by atoms with Gasteiger partial charge in [-0.15, -0.1) is 0 Å². The second-order valence-electron chi connectivity index (χ2n) is 10.3. The summed E-state index contributed by atoms with van der Waals surface area (Å²) in [6.07, 6.45) is 6.71. The number of fused-ring (bicyclic) bond motifs is 2. The third-order valence-corrected chi connectivity index (χ3v) is 8.27. The number of likely N-dealkylation sites (tertiary alicyclic amines) is 2. The van der Waals surface area contributed by atoms with Crippen molar-refractivity contribution < 1.29 is 9.47 Å². The minimum atomic E-state index is 0.124. The van der Waals surface area contributed by atoms with Crippen LogP contribution in [0.3, 0.4) is 0 Å². The summed E-state index contributed by atoms with van der Waals surface area (Å²) in [5.74, 6) is 1.49. The quantitative estimate of drug-likeness (QED) is 0.481. The summed E-state index contributed by atoms with van der Waals surface area (Å²) in [4.78, 5) is 18.4. The second-order valence-corrected chi connectivity index (χ2v) is 10.7. The molecule has 0 saturated carbocycles. The monoisotopic (exact) mass is 521 g/mol. The molecule has 2 saturated heterocycles. The first-order chi connectivity index (χ1) is 18.2. The first-order valence-electron chi connectivity index (χ1n) is 13.5. The minimum absolute atomic E-state index is 0.124. The van der Waals surface area contributed by atoms with E-state index in [-0.39, 0.29) is 18.5 Å². The Labute approximate surface area is 222 Å². The molecular weight excluding hydrogens is 486 g/mol. The van der Waals surface area contributed by atoms with Gasteiger partial charge in [-0.25, -0.2) is 4.79 Å². The van der Waals surface area contributed by atoms with Gasteiger partial charge >= 0.3 is 5.69 Å². The number of anilines is 1. The fraction of sp³-hybridized carbons (Fsp3) is 0.500. The third kappa shape index (κ3) is 5.07. The number of piperidine rings is 2. The zero-order chi connectivity index (χ0) is 25.2. The number of nitrogens with one attached hydrogen (secondary N) is 1. The molecule has 8 nitrogen and oxygen atoms in total. The molecule has 0 amide bonds. The Morgan fingerprint density at radius 1 is 0.919 bits per heavy atom. The van der Waals surface area contributed by atoms with Gasteiger partial charge in [0.1, 0.15) is 0 Å². The Bertz CT molecular complexity index is 1320. The molecule has 0 unspecified atom stereocenters. The van der Waals surface area contributed by atoms with E-state index in [2.05, 4.69) is 27.2 Å². The fourth-order valence-corrected chi connectivity index (χ4v) is 6.24. The highest BCUT2D eigenvalue weighted by Gasteiger charge is 2.26. The summed E-state index contributed by atoms with van der Waals surface area (Å²) in [7, 11) is 0. The van der Waals surface area contributed by atoms with Gasteiger partial charge in [-0.05, 0) is 88.2 Å². The van der Waals surface area contributed by atoms with Gasteiger partial charge in [0.2, 0.25) is 6.79 Å². The lowest BCUT2D eigenvalue weighted by Crippen LogP contribution is -2.42. The molecule has 37 heavy (non-hydrogen) atoms. The summed E-state index contributed by atoms with van der Waals surface area (Å²) >= 11 is 5.71. The lowest BCUT2D eigenvalue weighted by Gasteiger charge is -2.34. The van der Waals surface area contributed by atoms with E-state index in [9.17, 15) is 4.79 Å². The average molecular weight is 522 g/mol. The zero-order valence-corrected chi connectivity index (χ0v) is 22.0. The van der Waals surface area contributed by atoms with Crippen LogP contribution in [0.15, 0.2) is 47.3 Å². The van der Waals surface area contributed by atoms with Gasteiger partial charge < -0.3 is 24.6 Å². The number of hydrogen-bond acceptors (Lipinski definition) is 5. The number of para-hydroxylation sites is 2. The lowest BCUT2D eigenvalue weighted by atomic mass is 10.0. The van der Waals surface area contributed by atoms with Gasteiger partial charge in [0.25, 0.3) is 0 Å². The van der Waals surface area contributed by atoms with Gasteiger partial charge in [0.15, 0.2) is 16.6 Å². The van der Waals surface area contributed by atoms with Crippen molar-refractivity contribution in [2.75, 3.05) is 44.8 Å². The molecular formula is C28H35N5O3S. The number of thiocarbonyl (C=S) groups is 1. The summed E-state index contributed by atoms with van der Waals surface area (Å²) < 4.78 is 14.9. The number of ether oxygens (including phenoxy) is 2. The highest BCUT2D eigenvalue weighted by atomic mass is 32.1. The van der Waals surface area contributed by atoms with Crippen molar-refractivity contribution in [1.82, 2.24) is 18.9 Å². The Hall–Kier alpha value is -3.04. The molecule has 1 N–H and O–H groups in total. The summed E-state index contributed by atoms with van der Waals surface area (Å²) in [6, 6.07) is 14.2. The largest absolute Gasteiger partial charge is 0.454 e. The van der Waals surface area contributed by atoms with Crippen LogP contribution in [0.1, 0.15) is 44.6 Å². The maximum absolute atomic E-state index is 13.7. The Kier molecular flexibility index (Phi) is 7.06. The number of benzene rings is 2. The molecule has 2 aromatic carbocycles. The molecule has 4 heterocycles. The number of imidazole rings is 1. The van der Waals surface area contributed by atoms with Gasteiger partial charge in [0, 0.05) is 37.4 Å². The van der Waals surface area contributed by atoms with E-state index >= 15 is 0 Å². The van der Waals surface area contributed by atoms with Crippen LogP contribution < -0.4 is 20.5 Å². The topological polar surface area (TPSA) is 63.9 Å². The van der Waals surface area contributed by atoms with Crippen molar-refractivity contribution in [3.63, 3.8) is 0 Å². The maximum Gasteiger partial charge on any atom is 0.329 e. The molecule has 3 aliphatic rings. The maximum atomic E-state index is 13.7. The van der Waals surface area contributed by atoms with Crippen molar-refractivity contribution in [1.29, 1.82) is 0 Å². The van der Waals surface area contributed by atoms with E-state index in [4.69, 9.17) is 21.7 Å². The zero-order valence-electron chi connectivity index (χ0n) is 21.2. The Morgan fingerprint density at radius 3 is 2.49 bits per heavy atom. The van der Waals surface area contributed by atoms with E-state index < -0.39 is 0 Å². The van der Waals surface area contributed by atoms with Crippen molar-refractivity contribution in [2.45, 2.75) is 51.1 Å². The average Bonchev–Trinajstić information content (AvgIpc) is 3.51. The lowest BCUT2D eigenvalue weighted by molar-refractivity contribution is 0.174. The Balaban J connectivity index is 1.11. The molecule has 0 radical (unpaired) electrons. The molecule has 196 valence electrons. The fourth-order valence-electron chi connectivity index (χ4n) is 5.94. The van der Waals surface area contributed by atoms with Gasteiger partial charge in [0.05, 0.1) is 11.0 Å². The second kappa shape index (κ2) is 10.8. The van der Waals surface area contributed by atoms with Crippen LogP contribution in [0.4, 0.5) is 5.69 Å². The molecule has 2 fully saturated rings. The molecule has 0 bridgehead atoms. The highest BCUT2D eigenvalue weighted by Crippen LogP contribution is 2.34. The van der Waals surface area contributed by atoms with Crippen LogP contribution in [-0.2, 0) is 6.54 Å². The van der Waals surface area contributed by atoms with Gasteiger partial charge in [-0.2, -0.15) is 0 Å². The van der Waals surface area contributed by atoms with Crippen LogP contribution in [0, 0.1) is 0 Å². The number of nitrogens with zero attached hydrogens (tertiary/aromatic N) is 4. The standard InChI is InChI=1S/C28H35N5O3S/c34-28-32(16-6-15-30-13-4-1-5-14-30)23-7-2-3-8-24(23)33(28)22-11-17-31(18-12-22)27(37)29-21-9-10-25-26(19-21)36-20-35-25/h2-3,7-10,19,22H,1,4-6,11-18,20H2,(H,29,37). The SMILES string of the molecule is O=c1n(CCCN2CCCCC2)c2ccccc2n1C1CCN(C(=S)Nc2ccc3c(c2)OCO3)CC1. The van der Waals surface area contributed by atoms with E-state index in [1.54, 1.807) is 0 Å². The van der Waals surface area contributed by atoms with Crippen LogP contribution in [-0.4, -0.2) is 63.6 Å². The van der Waals surface area contributed by atoms with Crippen molar-refractivity contribution in [2.24, 2.45) is 0 Å². The van der Waals surface area contributed by atoms with E-state index in [1.165, 1.54) is 32.4 Å². The molecule has 9 heteroatoms. The van der Waals surface area contributed by atoms with Crippen LogP contribution >= 0.6 is 12.2 Å². The highest BCUT2D eigenvalue weighted by molar-refractivity contribution is 7.80. The number of rotatable bonds is 6. The van der Waals surface area contributed by atoms with Crippen molar-refractivity contribution in [3.8, 4) is 11.5 Å². The van der Waals surface area contributed by atoms with E-state index in [1.807, 2.05) is 39.5 Å². The molecule has 0 aliphatic carbocycles. The number of aromatic nitrogens is 2. The molecule has 1 aromatic heterocycles. The molecule has 3 aliphatic heterocycles. The number of hydrogen-bond donors (Lipinski definition) is 1. The first-order valence-corrected chi connectivity index (χ1v) is 14.0. The van der Waals surface area contributed by atoms with Crippen molar-refractivity contribution >= 4 is 34.1 Å². The van der Waals surface area contributed by atoms with E-state index in [0.29, 0.717) is 5.11 Å². The first kappa shape index (κ1) is 24.3. The molecule has 6 rings (SSSR count). The smallest absolute Gasteiger partial charge is 0.329 e. The predicted molar refractivity (Wildman–Crippen MR) is 150 cm³/mol. The van der Waals surface area contributed by atoms with Crippen molar-refractivity contribution in [3.05, 3.63) is 52.9 Å². The van der Waals surface area contributed by atoms with Gasteiger partial charge in [-0.1, -0.05) is 18.6 Å². The minimum Gasteiger partial charge on any atom is -0.454 e. The molecule has 3 aromatic rings. The number of aryl methyl sites for hydroxylation is 1.